The number of fused-ring (bicyclic) bond motifs is 2. The zero-order valence-electron chi connectivity index (χ0n) is 20.2. The molecule has 1 unspecified atom stereocenters. The first-order valence-electron chi connectivity index (χ1n) is 11.4. The summed E-state index contributed by atoms with van der Waals surface area (Å²) >= 11 is 0. The van der Waals surface area contributed by atoms with Crippen molar-refractivity contribution in [3.05, 3.63) is 53.0 Å². The quantitative estimate of drug-likeness (QED) is 0.537. The summed E-state index contributed by atoms with van der Waals surface area (Å²) in [5, 5.41) is 3.58. The first-order chi connectivity index (χ1) is 16.3. The summed E-state index contributed by atoms with van der Waals surface area (Å²) in [5.74, 6) is -0.535. The van der Waals surface area contributed by atoms with E-state index in [0.29, 0.717) is 22.4 Å². The molecule has 1 amide bonds. The SMILES string of the molecule is CCOC(=O)c1c(C)n(C)c2ccc(OC)c(NC(=O)CN3c4ccc(F)cc4CCC3C)c12. The van der Waals surface area contributed by atoms with E-state index < -0.39 is 5.97 Å². The van der Waals surface area contributed by atoms with E-state index in [1.54, 1.807) is 19.1 Å². The second-order valence-corrected chi connectivity index (χ2v) is 8.61. The minimum Gasteiger partial charge on any atom is -0.495 e. The molecule has 0 saturated heterocycles. The lowest BCUT2D eigenvalue weighted by molar-refractivity contribution is -0.115. The molecule has 1 atom stereocenters. The maximum absolute atomic E-state index is 13.7. The zero-order valence-corrected chi connectivity index (χ0v) is 20.2. The summed E-state index contributed by atoms with van der Waals surface area (Å²) in [6.45, 7) is 5.98. The molecule has 180 valence electrons. The fourth-order valence-corrected chi connectivity index (χ4v) is 4.75. The molecule has 1 aliphatic heterocycles. The number of carbonyl (C=O) groups is 2. The molecule has 0 fully saturated rings. The van der Waals surface area contributed by atoms with Crippen LogP contribution >= 0.6 is 0 Å². The molecule has 1 N–H and O–H groups in total. The van der Waals surface area contributed by atoms with Crippen molar-refractivity contribution in [1.82, 2.24) is 4.57 Å². The Labute approximate surface area is 198 Å². The molecule has 34 heavy (non-hydrogen) atoms. The van der Waals surface area contributed by atoms with Crippen molar-refractivity contribution in [3.8, 4) is 5.75 Å². The number of nitrogens with zero attached hydrogens (tertiary/aromatic N) is 2. The van der Waals surface area contributed by atoms with Gasteiger partial charge in [0.05, 0.1) is 37.0 Å². The highest BCUT2D eigenvalue weighted by Crippen LogP contribution is 2.39. The van der Waals surface area contributed by atoms with Crippen LogP contribution in [0.4, 0.5) is 15.8 Å². The summed E-state index contributed by atoms with van der Waals surface area (Å²) in [4.78, 5) is 28.1. The van der Waals surface area contributed by atoms with Gasteiger partial charge in [-0.3, -0.25) is 4.79 Å². The van der Waals surface area contributed by atoms with E-state index >= 15 is 0 Å². The fraction of sp³-hybridized carbons (Fsp3) is 0.385. The molecule has 0 aliphatic carbocycles. The van der Waals surface area contributed by atoms with Crippen LogP contribution in [0.5, 0.6) is 5.75 Å². The lowest BCUT2D eigenvalue weighted by Gasteiger charge is -2.36. The summed E-state index contributed by atoms with van der Waals surface area (Å²) < 4.78 is 26.5. The Hall–Kier alpha value is -3.55. The molecule has 0 spiro atoms. The molecule has 8 heteroatoms. The van der Waals surface area contributed by atoms with Crippen LogP contribution in [-0.4, -0.2) is 42.7 Å². The molecule has 1 aliphatic rings. The summed E-state index contributed by atoms with van der Waals surface area (Å²) in [5.41, 5.74) is 4.11. The number of aryl methyl sites for hydroxylation is 2. The van der Waals surface area contributed by atoms with Gasteiger partial charge in [0.2, 0.25) is 5.91 Å². The van der Waals surface area contributed by atoms with E-state index in [-0.39, 0.29) is 30.9 Å². The Bertz CT molecular complexity index is 1270. The number of anilines is 2. The van der Waals surface area contributed by atoms with Crippen LogP contribution in [0, 0.1) is 12.7 Å². The van der Waals surface area contributed by atoms with Crippen molar-refractivity contribution >= 4 is 34.2 Å². The van der Waals surface area contributed by atoms with Gasteiger partial charge in [-0.05, 0) is 69.5 Å². The molecule has 0 radical (unpaired) electrons. The van der Waals surface area contributed by atoms with Crippen molar-refractivity contribution in [2.45, 2.75) is 39.7 Å². The zero-order chi connectivity index (χ0) is 24.6. The van der Waals surface area contributed by atoms with E-state index in [9.17, 15) is 14.0 Å². The van der Waals surface area contributed by atoms with Crippen molar-refractivity contribution in [2.24, 2.45) is 7.05 Å². The molecule has 4 rings (SSSR count). The van der Waals surface area contributed by atoms with Crippen molar-refractivity contribution in [1.29, 1.82) is 0 Å². The van der Waals surface area contributed by atoms with E-state index in [0.717, 1.165) is 35.3 Å². The monoisotopic (exact) mass is 467 g/mol. The van der Waals surface area contributed by atoms with Crippen LogP contribution in [-0.2, 0) is 23.0 Å². The normalized spacial score (nSPS) is 15.2. The van der Waals surface area contributed by atoms with Gasteiger partial charge in [0, 0.05) is 29.9 Å². The van der Waals surface area contributed by atoms with Gasteiger partial charge in [-0.1, -0.05) is 0 Å². The number of ether oxygens (including phenoxy) is 2. The second kappa shape index (κ2) is 9.37. The molecule has 1 aromatic heterocycles. The van der Waals surface area contributed by atoms with Gasteiger partial charge >= 0.3 is 5.97 Å². The van der Waals surface area contributed by atoms with E-state index in [2.05, 4.69) is 12.2 Å². The first kappa shape index (κ1) is 23.6. The number of hydrogen-bond donors (Lipinski definition) is 1. The summed E-state index contributed by atoms with van der Waals surface area (Å²) in [6, 6.07) is 8.44. The van der Waals surface area contributed by atoms with E-state index in [4.69, 9.17) is 9.47 Å². The van der Waals surface area contributed by atoms with Crippen molar-refractivity contribution in [2.75, 3.05) is 30.5 Å². The Balaban J connectivity index is 1.73. The second-order valence-electron chi connectivity index (χ2n) is 8.61. The number of carbonyl (C=O) groups excluding carboxylic acids is 2. The van der Waals surface area contributed by atoms with Crippen LogP contribution in [0.15, 0.2) is 30.3 Å². The minimum atomic E-state index is -0.449. The lowest BCUT2D eigenvalue weighted by atomic mass is 9.96. The predicted octanol–water partition coefficient (Wildman–Crippen LogP) is 4.59. The summed E-state index contributed by atoms with van der Waals surface area (Å²) in [6.07, 6.45) is 1.60. The molecular formula is C26H30FN3O4. The van der Waals surface area contributed by atoms with Gasteiger partial charge in [-0.15, -0.1) is 0 Å². The van der Waals surface area contributed by atoms with Gasteiger partial charge in [0.1, 0.15) is 11.6 Å². The Morgan fingerprint density at radius 2 is 2.00 bits per heavy atom. The van der Waals surface area contributed by atoms with Gasteiger partial charge in [0.25, 0.3) is 0 Å². The largest absolute Gasteiger partial charge is 0.495 e. The third-order valence-electron chi connectivity index (χ3n) is 6.61. The standard InChI is InChI=1S/C26H30FN3O4/c1-6-34-26(32)23-16(3)29(4)20-11-12-21(33-5)25(24(20)23)28-22(31)14-30-15(2)7-8-17-13-18(27)9-10-19(17)30/h9-13,15H,6-8,14H2,1-5H3,(H,28,31). The lowest BCUT2D eigenvalue weighted by Crippen LogP contribution is -2.42. The average Bonchev–Trinajstić information content (AvgIpc) is 3.06. The number of halogens is 1. The maximum atomic E-state index is 13.7. The number of hydrogen-bond acceptors (Lipinski definition) is 5. The highest BCUT2D eigenvalue weighted by atomic mass is 19.1. The third kappa shape index (κ3) is 4.08. The highest BCUT2D eigenvalue weighted by molar-refractivity contribution is 6.15. The van der Waals surface area contributed by atoms with Gasteiger partial charge < -0.3 is 24.3 Å². The van der Waals surface area contributed by atoms with Crippen LogP contribution < -0.4 is 15.0 Å². The Morgan fingerprint density at radius 3 is 2.71 bits per heavy atom. The number of nitrogens with one attached hydrogen (secondary N) is 1. The van der Waals surface area contributed by atoms with E-state index in [1.165, 1.54) is 19.2 Å². The number of amides is 1. The first-order valence-corrected chi connectivity index (χ1v) is 11.4. The molecule has 0 bridgehead atoms. The maximum Gasteiger partial charge on any atom is 0.340 e. The predicted molar refractivity (Wildman–Crippen MR) is 130 cm³/mol. The Kier molecular flexibility index (Phi) is 6.50. The Morgan fingerprint density at radius 1 is 1.24 bits per heavy atom. The molecule has 2 aromatic carbocycles. The minimum absolute atomic E-state index is 0.0832. The molecule has 7 nitrogen and oxygen atoms in total. The van der Waals surface area contributed by atoms with Crippen LogP contribution in [0.25, 0.3) is 10.9 Å². The average molecular weight is 468 g/mol. The molecule has 0 saturated carbocycles. The van der Waals surface area contributed by atoms with Crippen molar-refractivity contribution in [3.63, 3.8) is 0 Å². The number of methoxy groups -OCH3 is 1. The topological polar surface area (TPSA) is 72.8 Å². The number of rotatable bonds is 6. The van der Waals surface area contributed by atoms with Crippen molar-refractivity contribution < 1.29 is 23.5 Å². The number of esters is 1. The van der Waals surface area contributed by atoms with Crippen LogP contribution in [0.2, 0.25) is 0 Å². The van der Waals surface area contributed by atoms with Gasteiger partial charge in [0.15, 0.2) is 0 Å². The fourth-order valence-electron chi connectivity index (χ4n) is 4.75. The third-order valence-corrected chi connectivity index (χ3v) is 6.61. The smallest absolute Gasteiger partial charge is 0.340 e. The summed E-state index contributed by atoms with van der Waals surface area (Å²) in [7, 11) is 3.39. The number of benzene rings is 2. The van der Waals surface area contributed by atoms with Crippen LogP contribution in [0.3, 0.4) is 0 Å². The van der Waals surface area contributed by atoms with E-state index in [1.807, 2.05) is 29.5 Å². The number of aromatic nitrogens is 1. The van der Waals surface area contributed by atoms with Crippen LogP contribution in [0.1, 0.15) is 41.9 Å². The highest BCUT2D eigenvalue weighted by Gasteiger charge is 2.28. The molecular weight excluding hydrogens is 437 g/mol. The molecule has 2 heterocycles. The van der Waals surface area contributed by atoms with Gasteiger partial charge in [-0.2, -0.15) is 0 Å². The molecule has 3 aromatic rings. The van der Waals surface area contributed by atoms with Gasteiger partial charge in [-0.25, -0.2) is 9.18 Å².